The number of ether oxygens (including phenoxy) is 1. The highest BCUT2D eigenvalue weighted by Gasteiger charge is 2.67. The molecular formula is C31H46N2O5. The summed E-state index contributed by atoms with van der Waals surface area (Å²) in [6.07, 6.45) is 12.8. The van der Waals surface area contributed by atoms with E-state index in [0.29, 0.717) is 24.3 Å². The highest BCUT2D eigenvalue weighted by molar-refractivity contribution is 5.67. The molecule has 1 aromatic rings. The number of likely N-dealkylation sites (tertiary alicyclic amines) is 1. The Balaban J connectivity index is 1.09. The SMILES string of the molecule is CC12CCC(OC(=O)NCCN3CCCC3)CC1CCC1C2CCC2(C)C(c3ccc(=O)oc3)CCC12O. The van der Waals surface area contributed by atoms with Crippen molar-refractivity contribution < 1.29 is 19.1 Å². The molecule has 0 radical (unpaired) electrons. The number of amides is 1. The molecule has 5 aliphatic rings. The zero-order chi connectivity index (χ0) is 26.5. The van der Waals surface area contributed by atoms with E-state index in [-0.39, 0.29) is 34.6 Å². The van der Waals surface area contributed by atoms with Gasteiger partial charge in [-0.2, -0.15) is 0 Å². The van der Waals surface area contributed by atoms with Crippen molar-refractivity contribution >= 4 is 6.09 Å². The van der Waals surface area contributed by atoms with Crippen molar-refractivity contribution in [2.45, 2.75) is 102 Å². The second kappa shape index (κ2) is 9.96. The van der Waals surface area contributed by atoms with E-state index < -0.39 is 5.60 Å². The molecule has 0 aromatic carbocycles. The van der Waals surface area contributed by atoms with E-state index in [9.17, 15) is 14.7 Å². The summed E-state index contributed by atoms with van der Waals surface area (Å²) in [4.78, 5) is 26.5. The average Bonchev–Trinajstić information content (AvgIpc) is 3.51. The van der Waals surface area contributed by atoms with Gasteiger partial charge in [0.1, 0.15) is 6.10 Å². The third kappa shape index (κ3) is 4.32. The molecule has 1 aliphatic heterocycles. The molecule has 2 heterocycles. The highest BCUT2D eigenvalue weighted by atomic mass is 16.6. The van der Waals surface area contributed by atoms with Gasteiger partial charge in [-0.25, -0.2) is 9.59 Å². The predicted octanol–water partition coefficient (Wildman–Crippen LogP) is 5.07. The van der Waals surface area contributed by atoms with Crippen LogP contribution < -0.4 is 10.9 Å². The highest BCUT2D eigenvalue weighted by Crippen LogP contribution is 2.70. The maximum Gasteiger partial charge on any atom is 0.407 e. The largest absolute Gasteiger partial charge is 0.446 e. The lowest BCUT2D eigenvalue weighted by Crippen LogP contribution is -2.62. The van der Waals surface area contributed by atoms with E-state index in [4.69, 9.17) is 9.15 Å². The molecule has 4 saturated carbocycles. The molecule has 7 heteroatoms. The van der Waals surface area contributed by atoms with Gasteiger partial charge in [0.15, 0.2) is 0 Å². The Bertz CT molecular complexity index is 1060. The molecule has 1 saturated heterocycles. The first-order chi connectivity index (χ1) is 18.2. The first-order valence-corrected chi connectivity index (χ1v) is 15.2. The molecule has 8 atom stereocenters. The molecule has 1 aromatic heterocycles. The predicted molar refractivity (Wildman–Crippen MR) is 145 cm³/mol. The lowest BCUT2D eigenvalue weighted by Gasteiger charge is -2.63. The molecule has 7 nitrogen and oxygen atoms in total. The van der Waals surface area contributed by atoms with Crippen LogP contribution in [0.25, 0.3) is 0 Å². The van der Waals surface area contributed by atoms with Gasteiger partial charge in [-0.1, -0.05) is 13.8 Å². The molecule has 38 heavy (non-hydrogen) atoms. The third-order valence-electron chi connectivity index (χ3n) is 12.1. The Kier molecular flexibility index (Phi) is 6.91. The number of carbonyl (C=O) groups excluding carboxylic acids is 1. The van der Waals surface area contributed by atoms with Gasteiger partial charge < -0.3 is 24.5 Å². The summed E-state index contributed by atoms with van der Waals surface area (Å²) in [5, 5.41) is 15.4. The van der Waals surface area contributed by atoms with Crippen LogP contribution >= 0.6 is 0 Å². The molecule has 5 fully saturated rings. The fourth-order valence-electron chi connectivity index (χ4n) is 9.91. The van der Waals surface area contributed by atoms with Crippen molar-refractivity contribution in [3.05, 3.63) is 34.4 Å². The number of hydrogen-bond acceptors (Lipinski definition) is 6. The topological polar surface area (TPSA) is 92.0 Å². The number of fused-ring (bicyclic) bond motifs is 5. The zero-order valence-corrected chi connectivity index (χ0v) is 23.3. The van der Waals surface area contributed by atoms with Crippen molar-refractivity contribution in [2.75, 3.05) is 26.2 Å². The zero-order valence-electron chi connectivity index (χ0n) is 23.3. The Morgan fingerprint density at radius 1 is 1.08 bits per heavy atom. The van der Waals surface area contributed by atoms with Crippen molar-refractivity contribution in [1.29, 1.82) is 0 Å². The number of aliphatic hydroxyl groups is 1. The summed E-state index contributed by atoms with van der Waals surface area (Å²) in [7, 11) is 0. The molecule has 4 aliphatic carbocycles. The molecule has 1 amide bonds. The number of nitrogens with zero attached hydrogens (tertiary/aromatic N) is 1. The molecular weight excluding hydrogens is 480 g/mol. The van der Waals surface area contributed by atoms with Crippen LogP contribution in [0.2, 0.25) is 0 Å². The minimum absolute atomic E-state index is 0.00282. The van der Waals surface area contributed by atoms with Gasteiger partial charge in [-0.05, 0) is 124 Å². The first-order valence-electron chi connectivity index (χ1n) is 15.2. The van der Waals surface area contributed by atoms with E-state index in [1.54, 1.807) is 6.26 Å². The second-order valence-electron chi connectivity index (χ2n) is 13.6. The first kappa shape index (κ1) is 26.4. The van der Waals surface area contributed by atoms with Crippen LogP contribution in [0.15, 0.2) is 27.6 Å². The van der Waals surface area contributed by atoms with Crippen LogP contribution in [0, 0.1) is 28.6 Å². The van der Waals surface area contributed by atoms with Crippen LogP contribution in [0.3, 0.4) is 0 Å². The second-order valence-corrected chi connectivity index (χ2v) is 13.6. The summed E-state index contributed by atoms with van der Waals surface area (Å²) < 4.78 is 11.1. The average molecular weight is 527 g/mol. The molecule has 6 rings (SSSR count). The monoisotopic (exact) mass is 526 g/mol. The van der Waals surface area contributed by atoms with E-state index >= 15 is 0 Å². The summed E-state index contributed by atoms with van der Waals surface area (Å²) in [6, 6.07) is 3.42. The Morgan fingerprint density at radius 3 is 2.66 bits per heavy atom. The van der Waals surface area contributed by atoms with Gasteiger partial charge in [0.2, 0.25) is 0 Å². The summed E-state index contributed by atoms with van der Waals surface area (Å²) in [5.74, 6) is 1.56. The van der Waals surface area contributed by atoms with Gasteiger partial charge in [0, 0.05) is 24.6 Å². The maximum absolute atomic E-state index is 12.5. The normalized spacial score (nSPS) is 42.7. The van der Waals surface area contributed by atoms with Crippen LogP contribution in [0.4, 0.5) is 4.79 Å². The van der Waals surface area contributed by atoms with Gasteiger partial charge >= 0.3 is 11.7 Å². The van der Waals surface area contributed by atoms with Crippen LogP contribution in [0.1, 0.15) is 96.0 Å². The summed E-state index contributed by atoms with van der Waals surface area (Å²) in [5.41, 5.74) is 0.0286. The summed E-state index contributed by atoms with van der Waals surface area (Å²) >= 11 is 0. The maximum atomic E-state index is 12.5. The van der Waals surface area contributed by atoms with E-state index in [1.807, 2.05) is 6.07 Å². The number of nitrogens with one attached hydrogen (secondary N) is 1. The fraction of sp³-hybridized carbons (Fsp3) is 0.806. The van der Waals surface area contributed by atoms with Gasteiger partial charge in [0.05, 0.1) is 11.9 Å². The molecule has 210 valence electrons. The van der Waals surface area contributed by atoms with Crippen molar-refractivity contribution in [1.82, 2.24) is 10.2 Å². The van der Waals surface area contributed by atoms with Gasteiger partial charge in [0.25, 0.3) is 0 Å². The third-order valence-corrected chi connectivity index (χ3v) is 12.1. The van der Waals surface area contributed by atoms with Gasteiger partial charge in [-0.15, -0.1) is 0 Å². The number of rotatable bonds is 5. The van der Waals surface area contributed by atoms with E-state index in [0.717, 1.165) is 83.0 Å². The lowest BCUT2D eigenvalue weighted by molar-refractivity contribution is -0.205. The standard InChI is InChI=1S/C31H46N2O5/c1-29-12-9-23(38-28(35)32-15-18-33-16-3-4-17-33)19-22(29)6-7-26-25(29)10-13-30(2)24(11-14-31(26,30)36)21-5-8-27(34)37-20-21/h5,8,20,22-26,36H,3-4,6-7,9-19H2,1-2H3,(H,32,35). The molecule has 0 spiro atoms. The van der Waals surface area contributed by atoms with Crippen LogP contribution in [-0.4, -0.2) is 54.0 Å². The van der Waals surface area contributed by atoms with Gasteiger partial charge in [-0.3, -0.25) is 0 Å². The van der Waals surface area contributed by atoms with E-state index in [2.05, 4.69) is 24.1 Å². The van der Waals surface area contributed by atoms with Crippen molar-refractivity contribution in [2.24, 2.45) is 28.6 Å². The summed E-state index contributed by atoms with van der Waals surface area (Å²) in [6.45, 7) is 8.59. The number of hydrogen-bond donors (Lipinski definition) is 2. The van der Waals surface area contributed by atoms with Crippen molar-refractivity contribution in [3.63, 3.8) is 0 Å². The smallest absolute Gasteiger partial charge is 0.407 e. The van der Waals surface area contributed by atoms with Crippen LogP contribution in [-0.2, 0) is 4.74 Å². The quantitative estimate of drug-likeness (QED) is 0.557. The lowest BCUT2D eigenvalue weighted by atomic mass is 9.43. The Labute approximate surface area is 226 Å². The number of carbonyl (C=O) groups is 1. The van der Waals surface area contributed by atoms with Crippen LogP contribution in [0.5, 0.6) is 0 Å². The molecule has 2 N–H and O–H groups in total. The molecule has 0 bridgehead atoms. The Hall–Kier alpha value is -1.86. The fourth-order valence-corrected chi connectivity index (χ4v) is 9.91. The minimum atomic E-state index is -0.687. The van der Waals surface area contributed by atoms with E-state index in [1.165, 1.54) is 18.9 Å². The molecule has 8 unspecified atom stereocenters. The number of alkyl carbamates (subject to hydrolysis) is 1. The Morgan fingerprint density at radius 2 is 1.89 bits per heavy atom. The minimum Gasteiger partial charge on any atom is -0.446 e. The van der Waals surface area contributed by atoms with Crippen molar-refractivity contribution in [3.8, 4) is 0 Å².